The molecule has 0 unspecified atom stereocenters. The molecule has 420 valence electrons. The first-order chi connectivity index (χ1) is 43.8. The van der Waals surface area contributed by atoms with Crippen LogP contribution in [-0.2, 0) is 0 Å². The average molecular weight is 1160 g/mol. The van der Waals surface area contributed by atoms with Crippen LogP contribution in [0.5, 0.6) is 0 Å². The summed E-state index contributed by atoms with van der Waals surface area (Å²) >= 11 is 1.76. The molecule has 89 heavy (non-hydrogen) atoms. The molecule has 0 aliphatic carbocycles. The number of hydrogen-bond acceptors (Lipinski definition) is 3. The fourth-order valence-corrected chi connectivity index (χ4v) is 15.6. The van der Waals surface area contributed by atoms with Crippen LogP contribution in [0.4, 0.5) is 0 Å². The van der Waals surface area contributed by atoms with Crippen LogP contribution in [0.1, 0.15) is 22.3 Å². The van der Waals surface area contributed by atoms with Gasteiger partial charge in [-0.15, -0.1) is 11.3 Å². The fraction of sp³-hybridized carbons (Fsp3) is 0.0488. The van der Waals surface area contributed by atoms with Gasteiger partial charge in [-0.25, -0.2) is 9.97 Å². The lowest BCUT2D eigenvalue weighted by molar-refractivity contribution is 1.04. The molecule has 0 N–H and O–H groups in total. The summed E-state index contributed by atoms with van der Waals surface area (Å²) in [5, 5.41) is 10.3. The summed E-state index contributed by atoms with van der Waals surface area (Å²) in [5.74, 6) is 0. The first-order valence-corrected chi connectivity index (χ1v) is 31.4. The van der Waals surface area contributed by atoms with Crippen molar-refractivity contribution in [1.29, 1.82) is 0 Å². The Bertz CT molecular complexity index is 5940. The highest BCUT2D eigenvalue weighted by Gasteiger charge is 2.37. The highest BCUT2D eigenvalue weighted by Crippen LogP contribution is 2.56. The number of nitrogens with zero attached hydrogens (tertiary/aromatic N) is 6. The van der Waals surface area contributed by atoms with Gasteiger partial charge in [-0.3, -0.25) is 0 Å². The molecular weight excluding hydrogens is 1100 g/mol. The minimum atomic E-state index is 0.863. The lowest BCUT2D eigenvalue weighted by Gasteiger charge is -2.31. The molecule has 0 fully saturated rings. The number of benzene rings is 12. The van der Waals surface area contributed by atoms with Crippen LogP contribution in [-0.4, -0.2) is 28.2 Å². The van der Waals surface area contributed by atoms with Crippen LogP contribution in [0, 0.1) is 27.7 Å². The molecule has 0 spiro atoms. The molecule has 7 heteroatoms. The summed E-state index contributed by atoms with van der Waals surface area (Å²) in [7, 11) is 0. The van der Waals surface area contributed by atoms with E-state index in [9.17, 15) is 0 Å². The molecule has 0 bridgehead atoms. The minimum Gasteiger partial charge on any atom is -0.308 e. The Morgan fingerprint density at radius 2 is 0.652 bits per heavy atom. The van der Waals surface area contributed by atoms with Gasteiger partial charge in [0, 0.05) is 65.3 Å². The summed E-state index contributed by atoms with van der Waals surface area (Å²) in [6.07, 6.45) is 0. The van der Waals surface area contributed by atoms with Crippen LogP contribution < -0.4 is 0 Å². The zero-order valence-corrected chi connectivity index (χ0v) is 50.3. The van der Waals surface area contributed by atoms with Gasteiger partial charge in [0.2, 0.25) is 0 Å². The van der Waals surface area contributed by atoms with Gasteiger partial charge in [-0.05, 0) is 125 Å². The van der Waals surface area contributed by atoms with E-state index in [-0.39, 0.29) is 0 Å². The predicted molar refractivity (Wildman–Crippen MR) is 375 cm³/mol. The molecule has 0 atom stereocenters. The number of pyridine rings is 1. The maximum atomic E-state index is 5.96. The molecule has 6 nitrogen and oxygen atoms in total. The van der Waals surface area contributed by atoms with Crippen LogP contribution in [0.15, 0.2) is 267 Å². The largest absolute Gasteiger partial charge is 0.308 e. The molecule has 0 aliphatic heterocycles. The summed E-state index contributed by atoms with van der Waals surface area (Å²) in [6.45, 7) is 8.85. The summed E-state index contributed by atoms with van der Waals surface area (Å²) in [6, 6.07) is 98.9. The quantitative estimate of drug-likeness (QED) is 0.152. The first kappa shape index (κ1) is 51.1. The van der Waals surface area contributed by atoms with Gasteiger partial charge in [0.15, 0.2) is 0 Å². The lowest BCUT2D eigenvalue weighted by atomic mass is 9.90. The molecule has 6 heterocycles. The number of aryl methyl sites for hydroxylation is 4. The zero-order chi connectivity index (χ0) is 59.2. The topological polar surface area (TPSA) is 45.5 Å². The van der Waals surface area contributed by atoms with Crippen LogP contribution in [0.2, 0.25) is 0 Å². The van der Waals surface area contributed by atoms with E-state index in [0.717, 1.165) is 127 Å². The Labute approximate surface area is 517 Å². The summed E-state index contributed by atoms with van der Waals surface area (Å²) in [5.41, 5.74) is 25.2. The number of fused-ring (bicyclic) bond motifs is 13. The standard InChI is InChI=1S/C82H56N6S/c1-49-35-41-70-60(45-49)55-25-11-16-30-66(55)85(70)78-75(59-39-40-64(53-21-7-5-8-22-53)83-77(59)54-23-9-6-10-24-54)79(86-67-31-17-12-26-56(67)61-46-50(2)36-42-71(61)86)81(88-69-33-19-14-28-58(69)63-48-52(4)38-44-73(63)88)80(76(78)82-84-65-29-15-20-34-74(65)89-82)87-68-32-18-13-27-57(68)62-47-51(3)37-43-72(62)87/h5-48H,1-4H3. The summed E-state index contributed by atoms with van der Waals surface area (Å²) < 4.78 is 11.5. The van der Waals surface area contributed by atoms with Gasteiger partial charge in [-0.1, -0.05) is 192 Å². The third-order valence-corrected chi connectivity index (χ3v) is 19.4. The van der Waals surface area contributed by atoms with Crippen molar-refractivity contribution in [2.45, 2.75) is 27.7 Å². The molecule has 0 aliphatic rings. The Morgan fingerprint density at radius 1 is 0.281 bits per heavy atom. The second kappa shape index (κ2) is 19.7. The molecule has 0 saturated carbocycles. The number of thiazole rings is 1. The molecule has 18 rings (SSSR count). The van der Waals surface area contributed by atoms with E-state index in [1.807, 2.05) is 0 Å². The van der Waals surface area contributed by atoms with E-state index >= 15 is 0 Å². The highest BCUT2D eigenvalue weighted by molar-refractivity contribution is 7.21. The molecule has 0 radical (unpaired) electrons. The monoisotopic (exact) mass is 1160 g/mol. The molecular formula is C82H56N6S. The number of rotatable bonds is 8. The van der Waals surface area contributed by atoms with Gasteiger partial charge in [0.1, 0.15) is 5.01 Å². The fourth-order valence-electron chi connectivity index (χ4n) is 14.6. The third kappa shape index (κ3) is 7.68. The minimum absolute atomic E-state index is 0.863. The molecule has 12 aromatic carbocycles. The Kier molecular flexibility index (Phi) is 11.3. The van der Waals surface area contributed by atoms with E-state index in [1.165, 1.54) is 60.0 Å². The molecule has 6 aromatic heterocycles. The SMILES string of the molecule is Cc1ccc2c(c1)c1ccccc1n2-c1c(-c2nc3ccccc3s2)c(-n2c3ccccc3c3cc(C)ccc32)c(-n2c3ccccc3c3cc(C)ccc32)c(-n2c3ccccc3c3cc(C)ccc32)c1-c1ccc(-c2ccccc2)nc1-c1ccccc1. The maximum Gasteiger partial charge on any atom is 0.128 e. The first-order valence-electron chi connectivity index (χ1n) is 30.6. The van der Waals surface area contributed by atoms with Gasteiger partial charge >= 0.3 is 0 Å². The van der Waals surface area contributed by atoms with Crippen LogP contribution in [0.3, 0.4) is 0 Å². The summed E-state index contributed by atoms with van der Waals surface area (Å²) in [4.78, 5) is 11.9. The van der Waals surface area contributed by atoms with E-state index < -0.39 is 0 Å². The van der Waals surface area contributed by atoms with Crippen molar-refractivity contribution in [2.75, 3.05) is 0 Å². The van der Waals surface area contributed by atoms with E-state index in [2.05, 4.69) is 313 Å². The molecule has 18 aromatic rings. The normalized spacial score (nSPS) is 12.0. The van der Waals surface area contributed by atoms with Crippen molar-refractivity contribution in [1.82, 2.24) is 28.2 Å². The van der Waals surface area contributed by atoms with Crippen molar-refractivity contribution >= 4 is 109 Å². The Balaban J connectivity index is 1.23. The molecule has 0 amide bonds. The predicted octanol–water partition coefficient (Wildman–Crippen LogP) is 22.0. The van der Waals surface area contributed by atoms with Crippen molar-refractivity contribution in [3.05, 3.63) is 289 Å². The van der Waals surface area contributed by atoms with Gasteiger partial charge in [0.05, 0.1) is 94.1 Å². The maximum absolute atomic E-state index is 5.96. The number of hydrogen-bond donors (Lipinski definition) is 0. The van der Waals surface area contributed by atoms with Crippen molar-refractivity contribution in [3.63, 3.8) is 0 Å². The van der Waals surface area contributed by atoms with Crippen molar-refractivity contribution in [3.8, 4) is 67.0 Å². The van der Waals surface area contributed by atoms with Crippen LogP contribution >= 0.6 is 11.3 Å². The van der Waals surface area contributed by atoms with E-state index in [1.54, 1.807) is 11.3 Å². The second-order valence-electron chi connectivity index (χ2n) is 23.9. The lowest BCUT2D eigenvalue weighted by Crippen LogP contribution is -2.16. The smallest absolute Gasteiger partial charge is 0.128 e. The van der Waals surface area contributed by atoms with Gasteiger partial charge < -0.3 is 18.3 Å². The van der Waals surface area contributed by atoms with E-state index in [0.29, 0.717) is 0 Å². The Hall–Kier alpha value is -11.1. The number of aromatic nitrogens is 6. The van der Waals surface area contributed by atoms with Gasteiger partial charge in [-0.2, -0.15) is 0 Å². The van der Waals surface area contributed by atoms with E-state index in [4.69, 9.17) is 9.97 Å². The van der Waals surface area contributed by atoms with Gasteiger partial charge in [0.25, 0.3) is 0 Å². The zero-order valence-electron chi connectivity index (χ0n) is 49.5. The van der Waals surface area contributed by atoms with Crippen molar-refractivity contribution in [2.24, 2.45) is 0 Å². The van der Waals surface area contributed by atoms with Crippen molar-refractivity contribution < 1.29 is 0 Å². The van der Waals surface area contributed by atoms with Crippen LogP contribution in [0.25, 0.3) is 164 Å². The second-order valence-corrected chi connectivity index (χ2v) is 25.0. The molecule has 0 saturated heterocycles. The Morgan fingerprint density at radius 3 is 1.11 bits per heavy atom. The highest BCUT2D eigenvalue weighted by atomic mass is 32.1. The average Bonchev–Trinajstić information content (AvgIpc) is 1.63. The third-order valence-electron chi connectivity index (χ3n) is 18.4. The number of para-hydroxylation sites is 5.